The number of amides is 1. The minimum Gasteiger partial charge on any atom is -0.376 e. The summed E-state index contributed by atoms with van der Waals surface area (Å²) in [6.07, 6.45) is 1.64. The average molecular weight is 360 g/mol. The fraction of sp³-hybridized carbons (Fsp3) is 0.176. The lowest BCUT2D eigenvalue weighted by atomic mass is 10.1. The van der Waals surface area contributed by atoms with Crippen LogP contribution in [0.25, 0.3) is 0 Å². The van der Waals surface area contributed by atoms with E-state index in [1.807, 2.05) is 56.3 Å². The third-order valence-corrected chi connectivity index (χ3v) is 3.63. The molecule has 4 nitrogen and oxygen atoms in total. The Kier molecular flexibility index (Phi) is 5.72. The predicted octanol–water partition coefficient (Wildman–Crippen LogP) is 3.63. The van der Waals surface area contributed by atoms with E-state index in [9.17, 15) is 4.79 Å². The van der Waals surface area contributed by atoms with Gasteiger partial charge in [-0.25, -0.2) is 5.43 Å². The van der Waals surface area contributed by atoms with Crippen LogP contribution in [-0.4, -0.2) is 18.7 Å². The molecule has 114 valence electrons. The van der Waals surface area contributed by atoms with Gasteiger partial charge in [0.25, 0.3) is 5.91 Å². The third kappa shape index (κ3) is 5.00. The van der Waals surface area contributed by atoms with Gasteiger partial charge in [-0.15, -0.1) is 0 Å². The summed E-state index contributed by atoms with van der Waals surface area (Å²) in [5.41, 5.74) is 6.66. The maximum atomic E-state index is 11.7. The smallest absolute Gasteiger partial charge is 0.259 e. The second-order valence-corrected chi connectivity index (χ2v) is 5.93. The van der Waals surface area contributed by atoms with Crippen molar-refractivity contribution in [2.75, 3.05) is 11.9 Å². The highest BCUT2D eigenvalue weighted by molar-refractivity contribution is 9.10. The molecule has 0 aliphatic carbocycles. The number of halogens is 1. The fourth-order valence-electron chi connectivity index (χ4n) is 1.82. The molecule has 0 unspecified atom stereocenters. The first-order valence-electron chi connectivity index (χ1n) is 6.93. The summed E-state index contributed by atoms with van der Waals surface area (Å²) >= 11 is 3.41. The van der Waals surface area contributed by atoms with Gasteiger partial charge in [-0.1, -0.05) is 39.7 Å². The van der Waals surface area contributed by atoms with E-state index in [4.69, 9.17) is 0 Å². The maximum Gasteiger partial charge on any atom is 0.259 e. The van der Waals surface area contributed by atoms with Crippen molar-refractivity contribution < 1.29 is 4.79 Å². The molecule has 2 N–H and O–H groups in total. The number of benzene rings is 2. The average Bonchev–Trinajstić information content (AvgIpc) is 2.50. The molecule has 22 heavy (non-hydrogen) atoms. The van der Waals surface area contributed by atoms with Crippen molar-refractivity contribution in [2.24, 2.45) is 5.10 Å². The molecule has 0 saturated carbocycles. The second kappa shape index (κ2) is 7.75. The molecule has 2 aromatic rings. The Morgan fingerprint density at radius 1 is 1.18 bits per heavy atom. The van der Waals surface area contributed by atoms with E-state index in [0.717, 1.165) is 21.3 Å². The molecule has 0 bridgehead atoms. The van der Waals surface area contributed by atoms with Crippen molar-refractivity contribution in [1.29, 1.82) is 0 Å². The normalized spacial score (nSPS) is 10.7. The molecule has 1 amide bonds. The van der Waals surface area contributed by atoms with Crippen LogP contribution in [0, 0.1) is 13.8 Å². The van der Waals surface area contributed by atoms with Gasteiger partial charge < -0.3 is 5.32 Å². The van der Waals surface area contributed by atoms with Gasteiger partial charge in [0.05, 0.1) is 12.8 Å². The highest BCUT2D eigenvalue weighted by Gasteiger charge is 2.00. The highest BCUT2D eigenvalue weighted by atomic mass is 79.9. The maximum absolute atomic E-state index is 11.7. The van der Waals surface area contributed by atoms with Gasteiger partial charge in [0, 0.05) is 10.2 Å². The Morgan fingerprint density at radius 2 is 1.91 bits per heavy atom. The summed E-state index contributed by atoms with van der Waals surface area (Å²) < 4.78 is 0.979. The van der Waals surface area contributed by atoms with Gasteiger partial charge in [-0.2, -0.15) is 5.10 Å². The summed E-state index contributed by atoms with van der Waals surface area (Å²) in [5, 5.41) is 7.03. The summed E-state index contributed by atoms with van der Waals surface area (Å²) in [4.78, 5) is 11.7. The Morgan fingerprint density at radius 3 is 2.64 bits per heavy atom. The molecule has 0 atom stereocenters. The Hall–Kier alpha value is -2.14. The van der Waals surface area contributed by atoms with Gasteiger partial charge in [-0.3, -0.25) is 4.79 Å². The first-order chi connectivity index (χ1) is 10.5. The topological polar surface area (TPSA) is 53.5 Å². The molecular formula is C17H18BrN3O. The lowest BCUT2D eigenvalue weighted by molar-refractivity contribution is -0.119. The fourth-order valence-corrected chi connectivity index (χ4v) is 2.20. The number of anilines is 1. The van der Waals surface area contributed by atoms with Crippen LogP contribution < -0.4 is 10.7 Å². The number of rotatable bonds is 5. The minimum atomic E-state index is -0.190. The number of aryl methyl sites for hydroxylation is 2. The monoisotopic (exact) mass is 359 g/mol. The molecule has 0 spiro atoms. The van der Waals surface area contributed by atoms with Crippen molar-refractivity contribution in [1.82, 2.24) is 5.43 Å². The summed E-state index contributed by atoms with van der Waals surface area (Å²) in [6, 6.07) is 13.8. The van der Waals surface area contributed by atoms with Crippen LogP contribution >= 0.6 is 15.9 Å². The standard InChI is InChI=1S/C17H18BrN3O/c1-12-3-7-16(8-4-12)19-11-17(22)21-20-10-14-9-15(18)6-5-13(14)2/h3-10,19H,11H2,1-2H3,(H,21,22)/b20-10-. The molecule has 5 heteroatoms. The summed E-state index contributed by atoms with van der Waals surface area (Å²) in [6.45, 7) is 4.20. The zero-order chi connectivity index (χ0) is 15.9. The van der Waals surface area contributed by atoms with Crippen LogP contribution in [0.3, 0.4) is 0 Å². The number of carbonyl (C=O) groups is 1. The van der Waals surface area contributed by atoms with Gasteiger partial charge in [0.1, 0.15) is 0 Å². The number of nitrogens with one attached hydrogen (secondary N) is 2. The number of hydrogen-bond acceptors (Lipinski definition) is 3. The van der Waals surface area contributed by atoms with Crippen molar-refractivity contribution in [3.63, 3.8) is 0 Å². The van der Waals surface area contributed by atoms with Crippen LogP contribution in [0.15, 0.2) is 52.0 Å². The number of carbonyl (C=O) groups excluding carboxylic acids is 1. The molecule has 0 aliphatic rings. The first-order valence-corrected chi connectivity index (χ1v) is 7.72. The van der Waals surface area contributed by atoms with Crippen LogP contribution in [-0.2, 0) is 4.79 Å². The summed E-state index contributed by atoms with van der Waals surface area (Å²) in [7, 11) is 0. The van der Waals surface area contributed by atoms with Crippen molar-refractivity contribution in [2.45, 2.75) is 13.8 Å². The lowest BCUT2D eigenvalue weighted by Crippen LogP contribution is -2.25. The molecule has 0 heterocycles. The SMILES string of the molecule is Cc1ccc(NCC(=O)N/N=C\c2cc(Br)ccc2C)cc1. The third-order valence-electron chi connectivity index (χ3n) is 3.14. The summed E-state index contributed by atoms with van der Waals surface area (Å²) in [5.74, 6) is -0.190. The van der Waals surface area contributed by atoms with Crippen LogP contribution in [0.1, 0.15) is 16.7 Å². The zero-order valence-electron chi connectivity index (χ0n) is 12.6. The molecule has 0 radical (unpaired) electrons. The first kappa shape index (κ1) is 16.2. The van der Waals surface area contributed by atoms with Crippen LogP contribution in [0.5, 0.6) is 0 Å². The van der Waals surface area contributed by atoms with E-state index >= 15 is 0 Å². The van der Waals surface area contributed by atoms with Crippen molar-refractivity contribution >= 4 is 33.7 Å². The largest absolute Gasteiger partial charge is 0.376 e. The van der Waals surface area contributed by atoms with E-state index in [2.05, 4.69) is 31.8 Å². The second-order valence-electron chi connectivity index (χ2n) is 5.01. The van der Waals surface area contributed by atoms with Gasteiger partial charge in [0.15, 0.2) is 0 Å². The molecule has 0 fully saturated rings. The van der Waals surface area contributed by atoms with E-state index in [1.165, 1.54) is 5.56 Å². The predicted molar refractivity (Wildman–Crippen MR) is 94.3 cm³/mol. The molecule has 0 saturated heterocycles. The van der Waals surface area contributed by atoms with Crippen molar-refractivity contribution in [3.05, 3.63) is 63.6 Å². The van der Waals surface area contributed by atoms with Gasteiger partial charge >= 0.3 is 0 Å². The lowest BCUT2D eigenvalue weighted by Gasteiger charge is -2.05. The number of hydrogen-bond donors (Lipinski definition) is 2. The van der Waals surface area contributed by atoms with Gasteiger partial charge in [0.2, 0.25) is 0 Å². The quantitative estimate of drug-likeness (QED) is 0.632. The van der Waals surface area contributed by atoms with E-state index < -0.39 is 0 Å². The zero-order valence-corrected chi connectivity index (χ0v) is 14.1. The van der Waals surface area contributed by atoms with E-state index in [1.54, 1.807) is 6.21 Å². The Labute approximate surface area is 138 Å². The van der Waals surface area contributed by atoms with E-state index in [-0.39, 0.29) is 12.5 Å². The number of nitrogens with zero attached hydrogens (tertiary/aromatic N) is 1. The van der Waals surface area contributed by atoms with Crippen molar-refractivity contribution in [3.8, 4) is 0 Å². The van der Waals surface area contributed by atoms with Crippen LogP contribution in [0.2, 0.25) is 0 Å². The van der Waals surface area contributed by atoms with Crippen LogP contribution in [0.4, 0.5) is 5.69 Å². The molecular weight excluding hydrogens is 342 g/mol. The molecule has 0 aliphatic heterocycles. The Bertz CT molecular complexity index is 681. The highest BCUT2D eigenvalue weighted by Crippen LogP contribution is 2.14. The Balaban J connectivity index is 1.83. The minimum absolute atomic E-state index is 0.178. The van der Waals surface area contributed by atoms with Gasteiger partial charge in [-0.05, 0) is 49.2 Å². The molecule has 2 aromatic carbocycles. The van der Waals surface area contributed by atoms with E-state index in [0.29, 0.717) is 0 Å². The molecule has 0 aromatic heterocycles. The number of hydrazone groups is 1. The molecule has 2 rings (SSSR count).